The van der Waals surface area contributed by atoms with Crippen LogP contribution in [-0.4, -0.2) is 17.1 Å². The van der Waals surface area contributed by atoms with Gasteiger partial charge in [-0.1, -0.05) is 30.7 Å². The molecule has 5 nitrogen and oxygen atoms in total. The van der Waals surface area contributed by atoms with Crippen LogP contribution < -0.4 is 11.4 Å². The van der Waals surface area contributed by atoms with Crippen molar-refractivity contribution in [1.29, 1.82) is 0 Å². The van der Waals surface area contributed by atoms with Crippen molar-refractivity contribution >= 4 is 5.78 Å². The zero-order valence-electron chi connectivity index (χ0n) is 18.1. The van der Waals surface area contributed by atoms with E-state index >= 15 is 0 Å². The molecule has 1 unspecified atom stereocenters. The Morgan fingerprint density at radius 1 is 1.26 bits per heavy atom. The highest BCUT2D eigenvalue weighted by atomic mass is 19.4. The summed E-state index contributed by atoms with van der Waals surface area (Å²) >= 11 is 0. The normalized spacial score (nSPS) is 14.3. The molecule has 0 saturated heterocycles. The van der Waals surface area contributed by atoms with Crippen molar-refractivity contribution < 1.29 is 27.5 Å². The highest BCUT2D eigenvalue weighted by molar-refractivity contribution is 6.09. The molecular weight excluding hydrogens is 411 g/mol. The van der Waals surface area contributed by atoms with Crippen LogP contribution in [0.25, 0.3) is 0 Å². The van der Waals surface area contributed by atoms with Gasteiger partial charge in [-0.2, -0.15) is 13.2 Å². The predicted octanol–water partition coefficient (Wildman–Crippen LogP) is 5.90. The van der Waals surface area contributed by atoms with Crippen LogP contribution in [0.3, 0.4) is 0 Å². The van der Waals surface area contributed by atoms with Gasteiger partial charge < -0.3 is 15.3 Å². The van der Waals surface area contributed by atoms with E-state index in [-0.39, 0.29) is 23.7 Å². The highest BCUT2D eigenvalue weighted by Crippen LogP contribution is 2.26. The standard InChI is InChI=1S/C23H30F3NO4/c1-15(8-4-6-12-23(24,25)26)10-11-17(3)21(29)20-18(28)14-19(31-22(20)30)16(2)9-5-7-13-27/h7,10-11,13-14,16,28H,4-6,8-9,12,27H2,1-3H3/b13-7+,15-10+,17-11+. The van der Waals surface area contributed by atoms with E-state index in [0.29, 0.717) is 25.7 Å². The lowest BCUT2D eigenvalue weighted by atomic mass is 9.99. The van der Waals surface area contributed by atoms with Crippen LogP contribution in [0, 0.1) is 0 Å². The third-order valence-corrected chi connectivity index (χ3v) is 4.82. The lowest BCUT2D eigenvalue weighted by Gasteiger charge is -2.11. The van der Waals surface area contributed by atoms with E-state index in [0.717, 1.165) is 5.57 Å². The molecule has 8 heteroatoms. The summed E-state index contributed by atoms with van der Waals surface area (Å²) in [5.41, 5.74) is 4.94. The molecule has 172 valence electrons. The van der Waals surface area contributed by atoms with Gasteiger partial charge in [0.25, 0.3) is 0 Å². The molecule has 0 saturated carbocycles. The number of aromatic hydroxyl groups is 1. The van der Waals surface area contributed by atoms with Crippen LogP contribution in [0.1, 0.15) is 81.3 Å². The Morgan fingerprint density at radius 3 is 2.52 bits per heavy atom. The number of allylic oxidation sites excluding steroid dienone is 5. The van der Waals surface area contributed by atoms with Crippen molar-refractivity contribution in [3.63, 3.8) is 0 Å². The molecule has 3 N–H and O–H groups in total. The number of alkyl halides is 3. The first-order chi connectivity index (χ1) is 14.5. The minimum Gasteiger partial charge on any atom is -0.507 e. The third-order valence-electron chi connectivity index (χ3n) is 4.82. The van der Waals surface area contributed by atoms with Gasteiger partial charge in [-0.05, 0) is 57.7 Å². The quantitative estimate of drug-likeness (QED) is 0.193. The summed E-state index contributed by atoms with van der Waals surface area (Å²) in [6, 6.07) is 1.28. The van der Waals surface area contributed by atoms with E-state index in [9.17, 15) is 27.9 Å². The monoisotopic (exact) mass is 441 g/mol. The van der Waals surface area contributed by atoms with Crippen molar-refractivity contribution in [2.24, 2.45) is 5.73 Å². The predicted molar refractivity (Wildman–Crippen MR) is 114 cm³/mol. The fourth-order valence-electron chi connectivity index (χ4n) is 2.89. The molecule has 1 rings (SSSR count). The number of carbonyl (C=O) groups is 1. The van der Waals surface area contributed by atoms with Gasteiger partial charge in [-0.3, -0.25) is 4.79 Å². The lowest BCUT2D eigenvalue weighted by Crippen LogP contribution is -2.16. The summed E-state index contributed by atoms with van der Waals surface area (Å²) in [6.07, 6.45) is 3.54. The zero-order chi connectivity index (χ0) is 23.6. The number of hydrogen-bond donors (Lipinski definition) is 2. The molecule has 0 aliphatic rings. The first-order valence-electron chi connectivity index (χ1n) is 10.2. The van der Waals surface area contributed by atoms with Crippen LogP contribution in [0.5, 0.6) is 5.75 Å². The van der Waals surface area contributed by atoms with Gasteiger partial charge in [-0.15, -0.1) is 0 Å². The summed E-state index contributed by atoms with van der Waals surface area (Å²) in [5.74, 6) is -0.991. The Morgan fingerprint density at radius 2 is 1.94 bits per heavy atom. The van der Waals surface area contributed by atoms with Gasteiger partial charge in [0.15, 0.2) is 5.78 Å². The fraction of sp³-hybridized carbons (Fsp3) is 0.478. The lowest BCUT2D eigenvalue weighted by molar-refractivity contribution is -0.135. The second-order valence-electron chi connectivity index (χ2n) is 7.62. The molecule has 1 heterocycles. The average molecular weight is 441 g/mol. The SMILES string of the molecule is C/C(=C\C=C(/C)C(=O)c1c(O)cc(C(C)CC/C=C/N)oc1=O)CCCCC(F)(F)F. The van der Waals surface area contributed by atoms with E-state index in [1.807, 2.05) is 6.92 Å². The van der Waals surface area contributed by atoms with Gasteiger partial charge in [0.2, 0.25) is 0 Å². The van der Waals surface area contributed by atoms with Gasteiger partial charge in [0, 0.05) is 18.4 Å². The Kier molecular flexibility index (Phi) is 10.3. The van der Waals surface area contributed by atoms with Gasteiger partial charge in [-0.25, -0.2) is 4.79 Å². The maximum Gasteiger partial charge on any atom is 0.389 e. The van der Waals surface area contributed by atoms with E-state index in [4.69, 9.17) is 10.2 Å². The van der Waals surface area contributed by atoms with Crippen molar-refractivity contribution in [2.75, 3.05) is 0 Å². The maximum atomic E-state index is 12.6. The Labute approximate surface area is 180 Å². The largest absolute Gasteiger partial charge is 0.507 e. The minimum absolute atomic E-state index is 0.0402. The van der Waals surface area contributed by atoms with Crippen molar-refractivity contribution in [3.05, 3.63) is 63.4 Å². The number of hydrogen-bond acceptors (Lipinski definition) is 5. The number of halogens is 3. The summed E-state index contributed by atoms with van der Waals surface area (Å²) in [7, 11) is 0. The number of Topliss-reactive ketones (excluding diaryl/α,β-unsaturated/α-hetero) is 1. The molecular formula is C23H30F3NO4. The maximum absolute atomic E-state index is 12.6. The first kappa shape index (κ1) is 26.3. The van der Waals surface area contributed by atoms with Gasteiger partial charge in [0.1, 0.15) is 17.1 Å². The van der Waals surface area contributed by atoms with Gasteiger partial charge in [0.05, 0.1) is 0 Å². The summed E-state index contributed by atoms with van der Waals surface area (Å²) < 4.78 is 41.7. The molecule has 0 radical (unpaired) electrons. The summed E-state index contributed by atoms with van der Waals surface area (Å²) in [6.45, 7) is 5.07. The molecule has 1 atom stereocenters. The smallest absolute Gasteiger partial charge is 0.389 e. The number of nitrogens with two attached hydrogens (primary N) is 1. The van der Waals surface area contributed by atoms with Crippen LogP contribution in [0.15, 0.2) is 50.9 Å². The number of carbonyl (C=O) groups excluding carboxylic acids is 1. The van der Waals surface area contributed by atoms with Crippen molar-refractivity contribution in [1.82, 2.24) is 0 Å². The molecule has 0 spiro atoms. The van der Waals surface area contributed by atoms with Crippen LogP contribution >= 0.6 is 0 Å². The molecule has 31 heavy (non-hydrogen) atoms. The fourth-order valence-corrected chi connectivity index (χ4v) is 2.89. The Hall–Kier alpha value is -2.77. The molecule has 0 aliphatic heterocycles. The zero-order valence-corrected chi connectivity index (χ0v) is 18.1. The molecule has 0 fully saturated rings. The average Bonchev–Trinajstić information content (AvgIpc) is 2.68. The van der Waals surface area contributed by atoms with Crippen molar-refractivity contribution in [2.45, 2.75) is 71.4 Å². The Bertz CT molecular complexity index is 895. The third kappa shape index (κ3) is 9.27. The van der Waals surface area contributed by atoms with E-state index < -0.39 is 35.3 Å². The number of unbranched alkanes of at least 4 members (excludes halogenated alkanes) is 1. The summed E-state index contributed by atoms with van der Waals surface area (Å²) in [4.78, 5) is 24.9. The molecule has 0 amide bonds. The summed E-state index contributed by atoms with van der Waals surface area (Å²) in [5, 5.41) is 10.2. The van der Waals surface area contributed by atoms with E-state index in [1.165, 1.54) is 25.3 Å². The number of rotatable bonds is 11. The molecule has 0 aliphatic carbocycles. The highest BCUT2D eigenvalue weighted by Gasteiger charge is 2.25. The second-order valence-corrected chi connectivity index (χ2v) is 7.62. The molecule has 0 aromatic carbocycles. The van der Waals surface area contributed by atoms with E-state index in [2.05, 4.69) is 0 Å². The topological polar surface area (TPSA) is 93.5 Å². The molecule has 1 aromatic rings. The van der Waals surface area contributed by atoms with Crippen LogP contribution in [0.2, 0.25) is 0 Å². The van der Waals surface area contributed by atoms with Gasteiger partial charge >= 0.3 is 11.8 Å². The Balaban J connectivity index is 2.85. The van der Waals surface area contributed by atoms with Crippen molar-refractivity contribution in [3.8, 4) is 5.75 Å². The van der Waals surface area contributed by atoms with Crippen LogP contribution in [0.4, 0.5) is 13.2 Å². The molecule has 1 aromatic heterocycles. The van der Waals surface area contributed by atoms with E-state index in [1.54, 1.807) is 19.1 Å². The number of ketones is 1. The first-order valence-corrected chi connectivity index (χ1v) is 10.2. The molecule has 0 bridgehead atoms. The van der Waals surface area contributed by atoms with Crippen LogP contribution in [-0.2, 0) is 0 Å². The minimum atomic E-state index is -4.15. The second kappa shape index (κ2) is 12.2.